The summed E-state index contributed by atoms with van der Waals surface area (Å²) in [6, 6.07) is 4.49. The second kappa shape index (κ2) is 7.53. The molecule has 1 heterocycles. The van der Waals surface area contributed by atoms with Crippen LogP contribution in [-0.2, 0) is 14.8 Å². The molecule has 0 unspecified atom stereocenters. The summed E-state index contributed by atoms with van der Waals surface area (Å²) in [5.74, 6) is -2.38. The van der Waals surface area contributed by atoms with Crippen LogP contribution in [0.15, 0.2) is 35.2 Å². The highest BCUT2D eigenvalue weighted by Crippen LogP contribution is 2.62. The molecule has 1 atom stereocenters. The van der Waals surface area contributed by atoms with Gasteiger partial charge in [-0.2, -0.15) is 8.70 Å². The molecule has 30 heavy (non-hydrogen) atoms. The van der Waals surface area contributed by atoms with Gasteiger partial charge in [-0.1, -0.05) is 19.8 Å². The number of sulfonamides is 1. The lowest BCUT2D eigenvalue weighted by Gasteiger charge is -2.67. The van der Waals surface area contributed by atoms with E-state index < -0.39 is 21.8 Å². The Morgan fingerprint density at radius 2 is 2.07 bits per heavy atom. The van der Waals surface area contributed by atoms with Crippen molar-refractivity contribution in [1.82, 2.24) is 4.31 Å². The third-order valence-corrected chi connectivity index (χ3v) is 8.70. The number of carboxylic acid groups (broad SMARTS) is 1. The maximum absolute atomic E-state index is 13.4. The van der Waals surface area contributed by atoms with Crippen LogP contribution in [0.3, 0.4) is 0 Å². The van der Waals surface area contributed by atoms with Crippen molar-refractivity contribution in [3.05, 3.63) is 30.3 Å². The third-order valence-electron chi connectivity index (χ3n) is 6.76. The van der Waals surface area contributed by atoms with Crippen LogP contribution in [0.1, 0.15) is 45.4 Å². The number of anilines is 1. The summed E-state index contributed by atoms with van der Waals surface area (Å²) >= 11 is 0. The molecule has 0 saturated heterocycles. The zero-order valence-corrected chi connectivity index (χ0v) is 18.0. The summed E-state index contributed by atoms with van der Waals surface area (Å²) in [7, 11) is -2.18. The Balaban J connectivity index is 1.74. The van der Waals surface area contributed by atoms with Crippen LogP contribution in [0, 0.1) is 5.92 Å². The molecule has 3 saturated carbocycles. The summed E-state index contributed by atoms with van der Waals surface area (Å²) in [6.07, 6.45) is 6.44. The van der Waals surface area contributed by atoms with Crippen molar-refractivity contribution < 1.29 is 27.4 Å². The fourth-order valence-corrected chi connectivity index (χ4v) is 6.45. The lowest BCUT2D eigenvalue weighted by molar-refractivity contribution is -0.134. The van der Waals surface area contributed by atoms with Gasteiger partial charge in [0.2, 0.25) is 15.9 Å². The van der Waals surface area contributed by atoms with Crippen molar-refractivity contribution in [3.63, 3.8) is 0 Å². The number of unbranched alkanes of at least 4 members (excludes halogenated alkanes) is 1. The fraction of sp³-hybridized carbons (Fsp3) is 0.571. The predicted molar refractivity (Wildman–Crippen MR) is 110 cm³/mol. The Hall–Kier alpha value is -2.13. The second-order valence-electron chi connectivity index (χ2n) is 8.65. The first-order valence-electron chi connectivity index (χ1n) is 10.3. The first-order chi connectivity index (χ1) is 14.2. The summed E-state index contributed by atoms with van der Waals surface area (Å²) < 4.78 is 46.7. The van der Waals surface area contributed by atoms with Gasteiger partial charge < -0.3 is 14.7 Å². The molecule has 0 amide bonds. The molecule has 2 bridgehead atoms. The molecule has 3 fully saturated rings. The van der Waals surface area contributed by atoms with Crippen molar-refractivity contribution in [2.45, 2.75) is 61.9 Å². The molecule has 1 aromatic rings. The second-order valence-corrected chi connectivity index (χ2v) is 10.6. The molecule has 0 aromatic heterocycles. The smallest absolute Gasteiger partial charge is 0.368 e. The average Bonchev–Trinajstić information content (AvgIpc) is 2.71. The van der Waals surface area contributed by atoms with E-state index in [0.717, 1.165) is 44.4 Å². The first kappa shape index (κ1) is 21.1. The van der Waals surface area contributed by atoms with E-state index in [4.69, 9.17) is 9.84 Å². The van der Waals surface area contributed by atoms with Crippen LogP contribution in [-0.4, -0.2) is 49.0 Å². The highest BCUT2D eigenvalue weighted by molar-refractivity contribution is 7.89. The minimum absolute atomic E-state index is 0.0300. The van der Waals surface area contributed by atoms with Crippen molar-refractivity contribution >= 4 is 21.7 Å². The first-order valence-corrected chi connectivity index (χ1v) is 11.8. The zero-order valence-electron chi connectivity index (χ0n) is 17.2. The van der Waals surface area contributed by atoms with Crippen molar-refractivity contribution in [3.8, 4) is 5.75 Å². The Kier molecular flexibility index (Phi) is 5.30. The molecule has 1 aliphatic heterocycles. The standard InChI is InChI=1S/C21H27FN2O5S/c1-3-4-5-15-12-24(21-9-14(10-21)11-21)18-7-6-16(29-13-17(22)20(25)26)8-19(18)30(27,28)23(15)2/h6-8,13-15H,3-5,9-12H2,1-2H3,(H,25,26)/b17-13-/t14?,15-,21?/m1/s1. The molecule has 5 rings (SSSR count). The third kappa shape index (κ3) is 3.37. The van der Waals surface area contributed by atoms with Gasteiger partial charge in [0, 0.05) is 31.2 Å². The number of hydrogen-bond donors (Lipinski definition) is 1. The summed E-state index contributed by atoms with van der Waals surface area (Å²) in [4.78, 5) is 13.0. The van der Waals surface area contributed by atoms with Gasteiger partial charge in [-0.25, -0.2) is 13.2 Å². The molecule has 9 heteroatoms. The van der Waals surface area contributed by atoms with Crippen molar-refractivity contribution in [2.75, 3.05) is 18.5 Å². The highest BCUT2D eigenvalue weighted by Gasteiger charge is 2.61. The SMILES string of the molecule is CCCC[C@@H]1CN(C23CC(C2)C3)c2ccc(O/C=C(\F)C(=O)O)cc2S(=O)(=O)N1C. The van der Waals surface area contributed by atoms with Crippen molar-refractivity contribution in [2.24, 2.45) is 5.92 Å². The average molecular weight is 439 g/mol. The quantitative estimate of drug-likeness (QED) is 0.518. The molecule has 4 aliphatic rings. The number of fused-ring (bicyclic) bond motifs is 1. The van der Waals surface area contributed by atoms with Crippen LogP contribution >= 0.6 is 0 Å². The lowest BCUT2D eigenvalue weighted by Crippen LogP contribution is -2.69. The minimum Gasteiger partial charge on any atom is -0.476 e. The molecular formula is C21H27FN2O5S. The Morgan fingerprint density at radius 1 is 1.37 bits per heavy atom. The van der Waals surface area contributed by atoms with Gasteiger partial charge in [0.15, 0.2) is 0 Å². The van der Waals surface area contributed by atoms with Gasteiger partial charge in [-0.15, -0.1) is 0 Å². The van der Waals surface area contributed by atoms with Crippen LogP contribution in [0.2, 0.25) is 0 Å². The predicted octanol–water partition coefficient (Wildman–Crippen LogP) is 3.51. The summed E-state index contributed by atoms with van der Waals surface area (Å²) in [5, 5.41) is 8.64. The largest absolute Gasteiger partial charge is 0.476 e. The number of halogens is 1. The van der Waals surface area contributed by atoms with E-state index >= 15 is 0 Å². The molecule has 164 valence electrons. The molecule has 0 spiro atoms. The minimum atomic E-state index is -3.79. The maximum atomic E-state index is 13.4. The Labute approximate surface area is 176 Å². The fourth-order valence-electron chi connectivity index (χ4n) is 4.87. The highest BCUT2D eigenvalue weighted by atomic mass is 32.2. The van der Waals surface area contributed by atoms with Gasteiger partial charge in [0.1, 0.15) is 16.9 Å². The van der Waals surface area contributed by atoms with E-state index in [-0.39, 0.29) is 22.2 Å². The molecule has 1 aromatic carbocycles. The van der Waals surface area contributed by atoms with Gasteiger partial charge in [0.05, 0.1) is 5.69 Å². The van der Waals surface area contributed by atoms with E-state index in [9.17, 15) is 17.6 Å². The summed E-state index contributed by atoms with van der Waals surface area (Å²) in [5.41, 5.74) is 0.677. The normalized spacial score (nSPS) is 30.0. The zero-order chi connectivity index (χ0) is 21.7. The number of nitrogens with zero attached hydrogens (tertiary/aromatic N) is 2. The van der Waals surface area contributed by atoms with Gasteiger partial charge in [0.25, 0.3) is 0 Å². The molecular weight excluding hydrogens is 411 g/mol. The number of hydrogen-bond acceptors (Lipinski definition) is 5. The number of rotatable bonds is 7. The molecule has 3 aliphatic carbocycles. The number of likely N-dealkylation sites (N-methyl/N-ethyl adjacent to an activating group) is 1. The van der Waals surface area contributed by atoms with Gasteiger partial charge >= 0.3 is 5.97 Å². The van der Waals surface area contributed by atoms with Gasteiger partial charge in [-0.05, 0) is 43.7 Å². The number of ether oxygens (including phenoxy) is 1. The van der Waals surface area contributed by atoms with Crippen LogP contribution in [0.5, 0.6) is 5.75 Å². The van der Waals surface area contributed by atoms with Gasteiger partial charge in [-0.3, -0.25) is 0 Å². The number of carboxylic acids is 1. The van der Waals surface area contributed by atoms with Crippen LogP contribution in [0.4, 0.5) is 10.1 Å². The molecule has 7 nitrogen and oxygen atoms in total. The Bertz CT molecular complexity index is 976. The van der Waals surface area contributed by atoms with Crippen LogP contribution in [0.25, 0.3) is 0 Å². The monoisotopic (exact) mass is 438 g/mol. The summed E-state index contributed by atoms with van der Waals surface area (Å²) in [6.45, 7) is 2.73. The molecule has 1 N–H and O–H groups in total. The van der Waals surface area contributed by atoms with E-state index in [0.29, 0.717) is 18.5 Å². The van der Waals surface area contributed by atoms with E-state index in [1.54, 1.807) is 19.2 Å². The molecule has 0 radical (unpaired) electrons. The topological polar surface area (TPSA) is 87.1 Å². The van der Waals surface area contributed by atoms with E-state index in [1.807, 2.05) is 0 Å². The van der Waals surface area contributed by atoms with E-state index in [1.165, 1.54) is 10.4 Å². The Morgan fingerprint density at radius 3 is 2.63 bits per heavy atom. The number of aliphatic carboxylic acids is 1. The van der Waals surface area contributed by atoms with E-state index in [2.05, 4.69) is 11.8 Å². The number of carbonyl (C=O) groups is 1. The lowest BCUT2D eigenvalue weighted by atomic mass is 9.49. The number of benzene rings is 1. The van der Waals surface area contributed by atoms with Crippen molar-refractivity contribution in [1.29, 1.82) is 0 Å². The maximum Gasteiger partial charge on any atom is 0.368 e. The van der Waals surface area contributed by atoms with Crippen LogP contribution < -0.4 is 9.64 Å².